The van der Waals surface area contributed by atoms with Crippen LogP contribution in [0, 0.1) is 30.9 Å². The number of alkyl halides is 3. The number of benzene rings is 3. The molecule has 2 saturated carbocycles. The average molecular weight is 2020 g/mol. The van der Waals surface area contributed by atoms with Gasteiger partial charge in [-0.05, 0) is 164 Å². The number of para-hydroxylation sites is 1. The average Bonchev–Trinajstić information content (AvgIpc) is 1.53. The van der Waals surface area contributed by atoms with E-state index in [1.54, 1.807) is 98.1 Å². The standard InChI is InChI=1S/C28H27ClFN7O2.C28H24ClFN6O3.C25H28ClN5O2.C20H21ClF3N5O2/c1-3-24(38)34-13-14-35(17(2)16-34)26-20-15-21(29)25(19-9-4-5-10-22(19)30)32-27(20)36(28(39)33-26)23-11-12-31-37(23)18-7-6-8-18;1-4-19-25-21(9-10-31-19)39-20-8-6-7-18(30)23(20)24-17(29)13-16-26(33-28(38)36(25)27(16)32-24)35-12-11-34(14-15(35)3)22(37)5-2;1-6-22(32)29-11-12-30(16(4)14-29)23-19-13-20(26)17(5)27-24(19)31(25(33)28-23)21-10-8-7-9-18(21)15(2)3;1-3-15(30)27-6-8-28(9-7-27)16-13-10-14(21)12(2)25-17(13)29(18(31)26-16)11-19(4-5-19)20(22,23)24/h3-5,9-12,15,17-18H,1,6-8,13-14,16H2,2H3;5-10,13,15H,2,4,11-12,14H2,1,3H3;6-10,13,15-16H,1,11-12,14H2,2-5H3;3,10H,1,4-9,11H2,2H3/t17-;15-;16-;/m000./s1. The Morgan fingerprint density at radius 3 is 1.55 bits per heavy atom. The SMILES string of the molecule is C=CC(=O)N1CCN(c2nc(=O)n(-c3ccccc3C(C)C)c3nc(C)c(Cl)cc23)[C@@H](C)C1.C=CC(=O)N1CCN(c2nc(=O)n(-c3ccnn3C3CCC3)c3nc(-c4ccccc4F)c(Cl)cc23)[C@@H](C)C1.C=CC(=O)N1CCN(c2nc(=O)n(CC3(C(F)(F)F)CC3)c3nc(C)c(Cl)cc23)CC1.C=CC(=O)N1CCN(c2nc(=O)n3c4nc(c(Cl)cc24)c2c(F)cccc2oc2ccnc(CC)c23)[C@@H](C)C1. The first-order valence-electron chi connectivity index (χ1n) is 46.5. The number of pyridine rings is 5. The second kappa shape index (κ2) is 40.4. The monoisotopic (exact) mass is 2010 g/mol. The lowest BCUT2D eigenvalue weighted by molar-refractivity contribution is -0.190. The normalized spacial score (nSPS) is 17.1. The van der Waals surface area contributed by atoms with Crippen LogP contribution < -0.4 is 42.4 Å². The number of fused-ring (bicyclic) bond motifs is 8. The molecule has 41 heteroatoms. The second-order valence-electron chi connectivity index (χ2n) is 36.2. The van der Waals surface area contributed by atoms with E-state index in [4.69, 9.17) is 65.8 Å². The molecule has 11 aromatic heterocycles. The van der Waals surface area contributed by atoms with Crippen LogP contribution in [0.1, 0.15) is 108 Å². The van der Waals surface area contributed by atoms with Crippen LogP contribution in [0.15, 0.2) is 190 Å². The molecule has 736 valence electrons. The van der Waals surface area contributed by atoms with Crippen molar-refractivity contribution in [1.82, 2.24) is 92.3 Å². The second-order valence-corrected chi connectivity index (χ2v) is 37.8. The zero-order valence-corrected chi connectivity index (χ0v) is 82.0. The van der Waals surface area contributed by atoms with Gasteiger partial charge in [0.25, 0.3) is 0 Å². The van der Waals surface area contributed by atoms with Crippen molar-refractivity contribution in [3.8, 4) is 22.8 Å². The van der Waals surface area contributed by atoms with E-state index in [-0.39, 0.29) is 116 Å². The highest BCUT2D eigenvalue weighted by atomic mass is 35.5. The fourth-order valence-corrected chi connectivity index (χ4v) is 19.8. The summed E-state index contributed by atoms with van der Waals surface area (Å²) in [5.74, 6) is 0.836. The molecule has 6 aliphatic rings. The fourth-order valence-electron chi connectivity index (χ4n) is 19.0. The number of hydrogen-bond donors (Lipinski definition) is 0. The molecule has 20 rings (SSSR count). The smallest absolute Gasteiger partial charge is 0.396 e. The number of aromatic nitrogens is 15. The fraction of sp³-hybridized carbons (Fsp3) is 0.347. The van der Waals surface area contributed by atoms with E-state index in [9.17, 15) is 55.9 Å². The minimum Gasteiger partial charge on any atom is -0.454 e. The van der Waals surface area contributed by atoms with Gasteiger partial charge >= 0.3 is 28.9 Å². The Bertz CT molecular complexity index is 7780. The Balaban J connectivity index is 0.000000131. The minimum atomic E-state index is -4.41. The van der Waals surface area contributed by atoms with Crippen molar-refractivity contribution in [3.05, 3.63) is 262 Å². The summed E-state index contributed by atoms with van der Waals surface area (Å²) in [7, 11) is 0. The molecule has 6 fully saturated rings. The molecule has 0 spiro atoms. The van der Waals surface area contributed by atoms with E-state index in [1.165, 1.54) is 51.5 Å². The summed E-state index contributed by atoms with van der Waals surface area (Å²) < 4.78 is 84.2. The van der Waals surface area contributed by atoms with Crippen molar-refractivity contribution in [2.75, 3.05) is 105 Å². The maximum Gasteiger partial charge on any atom is 0.396 e. The van der Waals surface area contributed by atoms with E-state index in [0.29, 0.717) is 192 Å². The molecule has 3 atom stereocenters. The van der Waals surface area contributed by atoms with Gasteiger partial charge in [-0.25, -0.2) is 66.1 Å². The van der Waals surface area contributed by atoms with Crippen LogP contribution in [-0.4, -0.2) is 225 Å². The molecule has 0 radical (unpaired) electrons. The Labute approximate surface area is 829 Å². The van der Waals surface area contributed by atoms with Crippen molar-refractivity contribution < 1.29 is 45.5 Å². The van der Waals surface area contributed by atoms with E-state index in [1.807, 2.05) is 84.3 Å². The molecule has 142 heavy (non-hydrogen) atoms. The quantitative estimate of drug-likeness (QED) is 0.0640. The highest BCUT2D eigenvalue weighted by Gasteiger charge is 2.63. The first-order valence-corrected chi connectivity index (χ1v) is 48.0. The molecule has 2 aliphatic carbocycles. The topological polar surface area (TPSA) is 329 Å². The molecule has 14 aromatic rings. The molecule has 3 aromatic carbocycles. The van der Waals surface area contributed by atoms with Crippen LogP contribution in [0.25, 0.3) is 94.5 Å². The molecule has 0 unspecified atom stereocenters. The first-order chi connectivity index (χ1) is 68.0. The predicted molar refractivity (Wildman–Crippen MR) is 539 cm³/mol. The number of carbonyl (C=O) groups is 4. The van der Waals surface area contributed by atoms with Crippen molar-refractivity contribution in [3.63, 3.8) is 0 Å². The first kappa shape index (κ1) is 99.4. The summed E-state index contributed by atoms with van der Waals surface area (Å²) in [5.41, 5.74) is 2.02. The van der Waals surface area contributed by atoms with Gasteiger partial charge in [-0.2, -0.15) is 38.2 Å². The Morgan fingerprint density at radius 1 is 0.521 bits per heavy atom. The maximum atomic E-state index is 15.3. The number of hydrogen-bond acceptors (Lipinski definition) is 23. The summed E-state index contributed by atoms with van der Waals surface area (Å²) in [5, 5.41) is 8.03. The molecule has 4 saturated heterocycles. The van der Waals surface area contributed by atoms with Crippen LogP contribution >= 0.6 is 46.4 Å². The Kier molecular flexibility index (Phi) is 28.3. The van der Waals surface area contributed by atoms with Gasteiger partial charge in [0.05, 0.1) is 98.7 Å². The van der Waals surface area contributed by atoms with Gasteiger partial charge in [0, 0.05) is 134 Å². The number of piperazine rings is 4. The van der Waals surface area contributed by atoms with Crippen LogP contribution in [0.5, 0.6) is 0 Å². The van der Waals surface area contributed by atoms with Gasteiger partial charge in [0.2, 0.25) is 23.6 Å². The molecule has 2 bridgehead atoms. The summed E-state index contributed by atoms with van der Waals surface area (Å²) in [4.78, 5) is 158. The summed E-state index contributed by atoms with van der Waals surface area (Å²) in [6.45, 7) is 35.0. The Morgan fingerprint density at radius 2 is 1.01 bits per heavy atom. The van der Waals surface area contributed by atoms with Crippen LogP contribution in [0.4, 0.5) is 45.2 Å². The number of amides is 4. The molecular weight excluding hydrogens is 1920 g/mol. The summed E-state index contributed by atoms with van der Waals surface area (Å²) in [6, 6.07) is 28.6. The van der Waals surface area contributed by atoms with Crippen LogP contribution in [0.3, 0.4) is 0 Å². The van der Waals surface area contributed by atoms with Gasteiger partial charge in [-0.3, -0.25) is 28.7 Å². The minimum absolute atomic E-state index is 0.0297. The number of aryl methyl sites for hydroxylation is 3. The van der Waals surface area contributed by atoms with Crippen LogP contribution in [0.2, 0.25) is 20.1 Å². The van der Waals surface area contributed by atoms with Gasteiger partial charge in [-0.1, -0.05) is 130 Å². The highest BCUT2D eigenvalue weighted by molar-refractivity contribution is 6.36. The van der Waals surface area contributed by atoms with Crippen LogP contribution in [-0.2, 0) is 32.1 Å². The third kappa shape index (κ3) is 18.9. The van der Waals surface area contributed by atoms with Crippen molar-refractivity contribution in [1.29, 1.82) is 0 Å². The van der Waals surface area contributed by atoms with Crippen molar-refractivity contribution >= 4 is 165 Å². The van der Waals surface area contributed by atoms with E-state index < -0.39 is 52.5 Å². The lowest BCUT2D eigenvalue weighted by Crippen LogP contribution is -2.54. The van der Waals surface area contributed by atoms with E-state index in [2.05, 4.69) is 80.1 Å². The number of nitrogens with zero attached hydrogens (tertiary/aromatic N) is 23. The molecule has 4 aliphatic heterocycles. The van der Waals surface area contributed by atoms with Crippen molar-refractivity contribution in [2.24, 2.45) is 5.41 Å². The van der Waals surface area contributed by atoms with E-state index >= 15 is 4.39 Å². The van der Waals surface area contributed by atoms with Crippen molar-refractivity contribution in [2.45, 2.75) is 137 Å². The summed E-state index contributed by atoms with van der Waals surface area (Å²) >= 11 is 26.2. The predicted octanol–water partition coefficient (Wildman–Crippen LogP) is 16.1. The molecule has 0 N–H and O–H groups in total. The number of anilines is 4. The molecule has 4 amide bonds. The third-order valence-electron chi connectivity index (χ3n) is 27.0. The van der Waals surface area contributed by atoms with E-state index in [0.717, 1.165) is 35.1 Å². The van der Waals surface area contributed by atoms with Gasteiger partial charge in [0.15, 0.2) is 22.5 Å². The molecule has 32 nitrogen and oxygen atoms in total. The number of rotatable bonds is 16. The van der Waals surface area contributed by atoms with Gasteiger partial charge < -0.3 is 43.6 Å². The van der Waals surface area contributed by atoms with Gasteiger partial charge in [0.1, 0.15) is 57.5 Å². The molecular formula is C101H100Cl4F5N23O9. The molecule has 15 heterocycles. The largest absolute Gasteiger partial charge is 0.454 e. The summed E-state index contributed by atoms with van der Waals surface area (Å²) in [6.07, 6.45) is 7.47. The lowest BCUT2D eigenvalue weighted by Gasteiger charge is -2.40. The maximum absolute atomic E-state index is 15.3. The number of carbonyl (C=O) groups excluding carboxylic acids is 4. The number of halogens is 9. The third-order valence-corrected chi connectivity index (χ3v) is 28.3. The zero-order valence-electron chi connectivity index (χ0n) is 79.0. The zero-order chi connectivity index (χ0) is 101. The lowest BCUT2D eigenvalue weighted by atomic mass is 9.93. The Hall–Kier alpha value is -14.2. The van der Waals surface area contributed by atoms with Gasteiger partial charge in [-0.15, -0.1) is 0 Å². The highest BCUT2D eigenvalue weighted by Crippen LogP contribution is 2.59.